The van der Waals surface area contributed by atoms with E-state index in [2.05, 4.69) is 48.5 Å². The van der Waals surface area contributed by atoms with Crippen molar-refractivity contribution in [2.24, 2.45) is 0 Å². The van der Waals surface area contributed by atoms with E-state index in [0.29, 0.717) is 5.69 Å². The summed E-state index contributed by atoms with van der Waals surface area (Å²) in [5.74, 6) is -0.585. The number of carbonyl (C=O) groups excluding carboxylic acids is 2. The van der Waals surface area contributed by atoms with Gasteiger partial charge in [-0.05, 0) is 43.8 Å². The fraction of sp³-hybridized carbons (Fsp3) is 0. The SMILES string of the molecule is O=C1C=CC(=O)N1c1ccc2cccc3c4cccc5cccc(c1c23)c54. The largest absolute Gasteiger partial charge is 0.269 e. The lowest BCUT2D eigenvalue weighted by Gasteiger charge is -2.21. The van der Waals surface area contributed by atoms with E-state index in [9.17, 15) is 9.59 Å². The summed E-state index contributed by atoms with van der Waals surface area (Å²) in [4.78, 5) is 26.1. The molecule has 0 bridgehead atoms. The van der Waals surface area contributed by atoms with Crippen LogP contribution in [-0.2, 0) is 9.59 Å². The van der Waals surface area contributed by atoms with Gasteiger partial charge in [-0.3, -0.25) is 9.59 Å². The Balaban J connectivity index is 1.93. The number of nitrogens with zero attached hydrogens (tertiary/aromatic N) is 1. The van der Waals surface area contributed by atoms with Crippen LogP contribution < -0.4 is 4.90 Å². The molecular formula is C24H13NO2. The van der Waals surface area contributed by atoms with Gasteiger partial charge in [-0.15, -0.1) is 0 Å². The Hall–Kier alpha value is -3.72. The number of hydrogen-bond acceptors (Lipinski definition) is 2. The first kappa shape index (κ1) is 14.4. The zero-order valence-electron chi connectivity index (χ0n) is 14.3. The van der Waals surface area contributed by atoms with E-state index in [1.165, 1.54) is 27.8 Å². The third-order valence-electron chi connectivity index (χ3n) is 5.54. The number of fused-ring (bicyclic) bond motifs is 2. The van der Waals surface area contributed by atoms with Crippen LogP contribution in [0.3, 0.4) is 0 Å². The Morgan fingerprint density at radius 1 is 0.519 bits per heavy atom. The van der Waals surface area contributed by atoms with Gasteiger partial charge in [-0.25, -0.2) is 4.90 Å². The summed E-state index contributed by atoms with van der Waals surface area (Å²) in [6, 6.07) is 22.7. The number of benzene rings is 5. The topological polar surface area (TPSA) is 37.4 Å². The van der Waals surface area contributed by atoms with Gasteiger partial charge in [0.05, 0.1) is 5.69 Å². The van der Waals surface area contributed by atoms with Crippen molar-refractivity contribution < 1.29 is 9.59 Å². The van der Waals surface area contributed by atoms with Gasteiger partial charge in [0.2, 0.25) is 0 Å². The number of hydrogen-bond donors (Lipinski definition) is 0. The molecule has 0 atom stereocenters. The van der Waals surface area contributed by atoms with Crippen LogP contribution in [0.15, 0.2) is 78.9 Å². The number of rotatable bonds is 1. The van der Waals surface area contributed by atoms with Crippen molar-refractivity contribution in [3.05, 3.63) is 78.9 Å². The molecule has 27 heavy (non-hydrogen) atoms. The van der Waals surface area contributed by atoms with Crippen LogP contribution in [0.5, 0.6) is 0 Å². The van der Waals surface area contributed by atoms with Crippen LogP contribution in [0.2, 0.25) is 0 Å². The molecule has 3 nitrogen and oxygen atoms in total. The molecule has 0 aliphatic carbocycles. The van der Waals surface area contributed by atoms with Crippen molar-refractivity contribution in [1.82, 2.24) is 0 Å². The fourth-order valence-corrected chi connectivity index (χ4v) is 4.46. The third kappa shape index (κ3) is 1.75. The van der Waals surface area contributed by atoms with E-state index >= 15 is 0 Å². The first-order chi connectivity index (χ1) is 13.2. The van der Waals surface area contributed by atoms with E-state index in [1.807, 2.05) is 18.2 Å². The molecule has 0 saturated carbocycles. The summed E-state index contributed by atoms with van der Waals surface area (Å²) in [7, 11) is 0. The van der Waals surface area contributed by atoms with Crippen molar-refractivity contribution in [2.45, 2.75) is 0 Å². The van der Waals surface area contributed by atoms with E-state index in [1.54, 1.807) is 0 Å². The lowest BCUT2D eigenvalue weighted by molar-refractivity contribution is -0.119. The minimum absolute atomic E-state index is 0.292. The normalized spacial score (nSPS) is 14.6. The van der Waals surface area contributed by atoms with Gasteiger partial charge in [-0.1, -0.05) is 60.7 Å². The van der Waals surface area contributed by atoms with Crippen LogP contribution in [0, 0.1) is 0 Å². The standard InChI is InChI=1S/C24H13NO2/c26-20-12-13-21(27)25(20)19-11-10-15-6-2-8-17-16-7-1-4-14-5-3-9-18(22(14)16)24(19)23(15)17/h1-13H. The molecule has 126 valence electrons. The minimum atomic E-state index is -0.292. The quantitative estimate of drug-likeness (QED) is 0.238. The van der Waals surface area contributed by atoms with Crippen molar-refractivity contribution in [1.29, 1.82) is 0 Å². The molecule has 0 spiro atoms. The molecule has 6 rings (SSSR count). The van der Waals surface area contributed by atoms with Crippen molar-refractivity contribution in [2.75, 3.05) is 4.90 Å². The molecule has 5 aromatic rings. The number of anilines is 1. The summed E-state index contributed by atoms with van der Waals surface area (Å²) < 4.78 is 0. The highest BCUT2D eigenvalue weighted by Gasteiger charge is 2.28. The maximum absolute atomic E-state index is 12.4. The lowest BCUT2D eigenvalue weighted by Crippen LogP contribution is -2.29. The molecule has 5 aromatic carbocycles. The highest BCUT2D eigenvalue weighted by Crippen LogP contribution is 2.44. The molecule has 0 aromatic heterocycles. The monoisotopic (exact) mass is 347 g/mol. The zero-order chi connectivity index (χ0) is 18.1. The van der Waals surface area contributed by atoms with Crippen molar-refractivity contribution in [3.8, 4) is 0 Å². The van der Waals surface area contributed by atoms with Crippen LogP contribution >= 0.6 is 0 Å². The Morgan fingerprint density at radius 3 is 1.74 bits per heavy atom. The van der Waals surface area contributed by atoms with Crippen molar-refractivity contribution >= 4 is 60.6 Å². The summed E-state index contributed by atoms with van der Waals surface area (Å²) >= 11 is 0. The third-order valence-corrected chi connectivity index (χ3v) is 5.54. The number of amides is 2. The van der Waals surface area contributed by atoms with E-state index in [0.717, 1.165) is 32.3 Å². The average Bonchev–Trinajstić information content (AvgIpc) is 3.03. The second-order valence-corrected chi connectivity index (χ2v) is 6.92. The summed E-state index contributed by atoms with van der Waals surface area (Å²) in [6.07, 6.45) is 2.67. The van der Waals surface area contributed by atoms with Crippen LogP contribution in [0.25, 0.3) is 43.1 Å². The molecule has 2 amide bonds. The Labute approximate surface area is 154 Å². The van der Waals surface area contributed by atoms with Crippen LogP contribution in [0.1, 0.15) is 0 Å². The van der Waals surface area contributed by atoms with Crippen LogP contribution in [0.4, 0.5) is 5.69 Å². The molecule has 0 saturated heterocycles. The van der Waals surface area contributed by atoms with Gasteiger partial charge in [0.15, 0.2) is 0 Å². The average molecular weight is 347 g/mol. The van der Waals surface area contributed by atoms with E-state index in [-0.39, 0.29) is 11.8 Å². The van der Waals surface area contributed by atoms with E-state index in [4.69, 9.17) is 0 Å². The van der Waals surface area contributed by atoms with E-state index < -0.39 is 0 Å². The van der Waals surface area contributed by atoms with Gasteiger partial charge in [0, 0.05) is 17.5 Å². The molecule has 0 radical (unpaired) electrons. The second-order valence-electron chi connectivity index (χ2n) is 6.92. The first-order valence-electron chi connectivity index (χ1n) is 8.88. The molecule has 1 aliphatic heterocycles. The summed E-state index contributed by atoms with van der Waals surface area (Å²) in [5, 5.41) is 8.86. The molecule has 0 fully saturated rings. The Bertz CT molecular complexity index is 1440. The summed E-state index contributed by atoms with van der Waals surface area (Å²) in [5.41, 5.74) is 0.650. The minimum Gasteiger partial charge on any atom is -0.269 e. The summed E-state index contributed by atoms with van der Waals surface area (Å²) in [6.45, 7) is 0. The Morgan fingerprint density at radius 2 is 1.07 bits per heavy atom. The Kier molecular flexibility index (Phi) is 2.63. The van der Waals surface area contributed by atoms with Gasteiger partial charge < -0.3 is 0 Å². The first-order valence-corrected chi connectivity index (χ1v) is 8.88. The predicted molar refractivity (Wildman–Crippen MR) is 109 cm³/mol. The smallest absolute Gasteiger partial charge is 0.258 e. The predicted octanol–water partition coefficient (Wildman–Crippen LogP) is 5.17. The van der Waals surface area contributed by atoms with Gasteiger partial charge in [0.1, 0.15) is 0 Å². The molecular weight excluding hydrogens is 334 g/mol. The fourth-order valence-electron chi connectivity index (χ4n) is 4.46. The number of carbonyl (C=O) groups is 2. The highest BCUT2D eigenvalue weighted by molar-refractivity contribution is 6.39. The number of imide groups is 1. The molecule has 1 heterocycles. The molecule has 3 heteroatoms. The lowest BCUT2D eigenvalue weighted by atomic mass is 9.89. The van der Waals surface area contributed by atoms with Crippen molar-refractivity contribution in [3.63, 3.8) is 0 Å². The maximum Gasteiger partial charge on any atom is 0.258 e. The molecule has 0 N–H and O–H groups in total. The molecule has 1 aliphatic rings. The highest BCUT2D eigenvalue weighted by atomic mass is 16.2. The zero-order valence-corrected chi connectivity index (χ0v) is 14.3. The second kappa shape index (κ2) is 4.92. The molecule has 0 unspecified atom stereocenters. The van der Waals surface area contributed by atoms with Gasteiger partial charge in [-0.2, -0.15) is 0 Å². The van der Waals surface area contributed by atoms with Gasteiger partial charge in [0.25, 0.3) is 11.8 Å². The maximum atomic E-state index is 12.4. The van der Waals surface area contributed by atoms with Gasteiger partial charge >= 0.3 is 0 Å². The van der Waals surface area contributed by atoms with Crippen LogP contribution in [-0.4, -0.2) is 11.8 Å².